The molecule has 4 heteroatoms. The highest BCUT2D eigenvalue weighted by atomic mass is 16.1. The van der Waals surface area contributed by atoms with Gasteiger partial charge in [0, 0.05) is 25.1 Å². The highest BCUT2D eigenvalue weighted by Crippen LogP contribution is 2.19. The Labute approximate surface area is 115 Å². The minimum Gasteiger partial charge on any atom is -0.356 e. The van der Waals surface area contributed by atoms with Crippen LogP contribution >= 0.6 is 0 Å². The number of carbonyl (C=O) groups excluding carboxylic acids is 1. The van der Waals surface area contributed by atoms with E-state index in [2.05, 4.69) is 41.2 Å². The lowest BCUT2D eigenvalue weighted by Crippen LogP contribution is -2.30. The first kappa shape index (κ1) is 14.1. The Morgan fingerprint density at radius 1 is 1.42 bits per heavy atom. The van der Waals surface area contributed by atoms with Crippen molar-refractivity contribution < 1.29 is 4.79 Å². The van der Waals surface area contributed by atoms with Gasteiger partial charge in [-0.1, -0.05) is 20.3 Å². The molecule has 2 heterocycles. The normalized spacial score (nSPS) is 20.4. The van der Waals surface area contributed by atoms with E-state index in [1.54, 1.807) is 0 Å². The van der Waals surface area contributed by atoms with Crippen LogP contribution < -0.4 is 5.32 Å². The van der Waals surface area contributed by atoms with Crippen LogP contribution in [0.15, 0.2) is 12.3 Å². The van der Waals surface area contributed by atoms with Gasteiger partial charge in [0.05, 0.1) is 11.7 Å². The maximum absolute atomic E-state index is 11.9. The minimum absolute atomic E-state index is 0.104. The first-order valence-electron chi connectivity index (χ1n) is 7.56. The van der Waals surface area contributed by atoms with Gasteiger partial charge in [-0.3, -0.25) is 9.48 Å². The van der Waals surface area contributed by atoms with Gasteiger partial charge < -0.3 is 5.32 Å². The lowest BCUT2D eigenvalue weighted by atomic mass is 9.97. The number of hydrogen-bond acceptors (Lipinski definition) is 2. The lowest BCUT2D eigenvalue weighted by Gasteiger charge is -2.13. The van der Waals surface area contributed by atoms with Crippen LogP contribution in [0.2, 0.25) is 0 Å². The molecule has 0 aliphatic carbocycles. The molecule has 0 radical (unpaired) electrons. The zero-order valence-corrected chi connectivity index (χ0v) is 12.1. The van der Waals surface area contributed by atoms with Gasteiger partial charge in [-0.25, -0.2) is 0 Å². The van der Waals surface area contributed by atoms with Crippen molar-refractivity contribution in [3.63, 3.8) is 0 Å². The van der Waals surface area contributed by atoms with Gasteiger partial charge in [0.15, 0.2) is 0 Å². The molecule has 106 valence electrons. The van der Waals surface area contributed by atoms with Crippen molar-refractivity contribution in [1.29, 1.82) is 0 Å². The molecule has 1 N–H and O–H groups in total. The van der Waals surface area contributed by atoms with E-state index in [9.17, 15) is 4.79 Å². The molecule has 2 rings (SSSR count). The highest BCUT2D eigenvalue weighted by Gasteiger charge is 2.22. The fourth-order valence-corrected chi connectivity index (χ4v) is 2.80. The average Bonchev–Trinajstić information content (AvgIpc) is 2.77. The fourth-order valence-electron chi connectivity index (χ4n) is 2.80. The zero-order chi connectivity index (χ0) is 13.7. The second-order valence-corrected chi connectivity index (χ2v) is 5.45. The molecule has 1 aromatic rings. The lowest BCUT2D eigenvalue weighted by molar-refractivity contribution is -0.124. The third kappa shape index (κ3) is 3.58. The summed E-state index contributed by atoms with van der Waals surface area (Å²) in [7, 11) is 0. The van der Waals surface area contributed by atoms with E-state index in [0.717, 1.165) is 50.8 Å². The summed E-state index contributed by atoms with van der Waals surface area (Å²) >= 11 is 0. The molecule has 19 heavy (non-hydrogen) atoms. The molecule has 1 atom stereocenters. The van der Waals surface area contributed by atoms with Crippen LogP contribution in [0.5, 0.6) is 0 Å². The van der Waals surface area contributed by atoms with Crippen molar-refractivity contribution in [2.45, 2.75) is 58.4 Å². The van der Waals surface area contributed by atoms with E-state index in [-0.39, 0.29) is 11.8 Å². The van der Waals surface area contributed by atoms with Crippen molar-refractivity contribution >= 4 is 5.91 Å². The van der Waals surface area contributed by atoms with E-state index >= 15 is 0 Å². The molecule has 1 unspecified atom stereocenters. The maximum Gasteiger partial charge on any atom is 0.223 e. The molecule has 1 aliphatic rings. The molecular weight excluding hydrogens is 238 g/mol. The van der Waals surface area contributed by atoms with Gasteiger partial charge in [-0.2, -0.15) is 5.10 Å². The maximum atomic E-state index is 11.9. The summed E-state index contributed by atoms with van der Waals surface area (Å²) in [4.78, 5) is 11.9. The Morgan fingerprint density at radius 2 is 2.21 bits per heavy atom. The zero-order valence-electron chi connectivity index (χ0n) is 12.1. The van der Waals surface area contributed by atoms with E-state index in [1.165, 1.54) is 0 Å². The average molecular weight is 263 g/mol. The third-order valence-corrected chi connectivity index (χ3v) is 4.09. The van der Waals surface area contributed by atoms with Crippen LogP contribution in [-0.4, -0.2) is 22.2 Å². The topological polar surface area (TPSA) is 46.9 Å². The van der Waals surface area contributed by atoms with Crippen LogP contribution in [0, 0.1) is 5.92 Å². The molecule has 4 nitrogen and oxygen atoms in total. The molecule has 1 aromatic heterocycles. The third-order valence-electron chi connectivity index (χ3n) is 4.09. The minimum atomic E-state index is 0.104. The van der Waals surface area contributed by atoms with Crippen molar-refractivity contribution in [3.05, 3.63) is 18.0 Å². The molecule has 0 bridgehead atoms. The molecule has 0 aromatic carbocycles. The molecule has 1 amide bonds. The van der Waals surface area contributed by atoms with Crippen LogP contribution in [0.4, 0.5) is 0 Å². The largest absolute Gasteiger partial charge is 0.356 e. The van der Waals surface area contributed by atoms with E-state index in [4.69, 9.17) is 0 Å². The van der Waals surface area contributed by atoms with Crippen molar-refractivity contribution in [2.24, 2.45) is 5.92 Å². The molecule has 1 saturated heterocycles. The van der Waals surface area contributed by atoms with Gasteiger partial charge in [-0.15, -0.1) is 0 Å². The highest BCUT2D eigenvalue weighted by molar-refractivity contribution is 5.79. The van der Waals surface area contributed by atoms with E-state index in [1.807, 2.05) is 0 Å². The second-order valence-electron chi connectivity index (χ2n) is 5.45. The van der Waals surface area contributed by atoms with Gasteiger partial charge in [-0.05, 0) is 31.7 Å². The fraction of sp³-hybridized carbons (Fsp3) is 0.733. The van der Waals surface area contributed by atoms with Gasteiger partial charge in [0.25, 0.3) is 0 Å². The van der Waals surface area contributed by atoms with E-state index in [0.29, 0.717) is 6.04 Å². The molecule has 1 fully saturated rings. The Balaban J connectivity index is 2.00. The number of nitrogens with zero attached hydrogens (tertiary/aromatic N) is 2. The smallest absolute Gasteiger partial charge is 0.223 e. The molecule has 0 saturated carbocycles. The number of nitrogens with one attached hydrogen (secondary N) is 1. The van der Waals surface area contributed by atoms with Crippen molar-refractivity contribution in [1.82, 2.24) is 15.1 Å². The second kappa shape index (κ2) is 6.73. The summed E-state index contributed by atoms with van der Waals surface area (Å²) in [6.07, 6.45) is 8.26. The number of amides is 1. The Bertz CT molecular complexity index is 409. The standard InChI is InChI=1S/C15H25N3O/c1-3-14(4-2)18-10-8-13(17-18)11-12-7-5-6-9-16-15(12)19/h8,10,12,14H,3-7,9,11H2,1-2H3,(H,16,19). The number of aromatic nitrogens is 2. The Hall–Kier alpha value is -1.32. The Kier molecular flexibility index (Phi) is 5.00. The van der Waals surface area contributed by atoms with Gasteiger partial charge in [0.2, 0.25) is 5.91 Å². The SMILES string of the molecule is CCC(CC)n1ccc(CC2CCCCNC2=O)n1. The van der Waals surface area contributed by atoms with Crippen LogP contribution in [0.3, 0.4) is 0 Å². The first-order chi connectivity index (χ1) is 9.24. The summed E-state index contributed by atoms with van der Waals surface area (Å²) < 4.78 is 2.06. The molecule has 0 spiro atoms. The number of hydrogen-bond donors (Lipinski definition) is 1. The first-order valence-corrected chi connectivity index (χ1v) is 7.56. The van der Waals surface area contributed by atoms with Crippen LogP contribution in [0.25, 0.3) is 0 Å². The van der Waals surface area contributed by atoms with Gasteiger partial charge in [0.1, 0.15) is 0 Å². The summed E-state index contributed by atoms with van der Waals surface area (Å²) in [6.45, 7) is 5.21. The monoisotopic (exact) mass is 263 g/mol. The Morgan fingerprint density at radius 3 is 2.95 bits per heavy atom. The summed E-state index contributed by atoms with van der Waals surface area (Å²) in [5, 5.41) is 7.64. The van der Waals surface area contributed by atoms with Crippen molar-refractivity contribution in [3.8, 4) is 0 Å². The summed E-state index contributed by atoms with van der Waals surface area (Å²) in [5.41, 5.74) is 1.05. The number of rotatable bonds is 5. The van der Waals surface area contributed by atoms with Gasteiger partial charge >= 0.3 is 0 Å². The molecule has 1 aliphatic heterocycles. The quantitative estimate of drug-likeness (QED) is 0.888. The predicted octanol–water partition coefficient (Wildman–Crippen LogP) is 2.70. The van der Waals surface area contributed by atoms with Crippen LogP contribution in [-0.2, 0) is 11.2 Å². The van der Waals surface area contributed by atoms with E-state index < -0.39 is 0 Å². The summed E-state index contributed by atoms with van der Waals surface area (Å²) in [6, 6.07) is 2.55. The number of carbonyl (C=O) groups is 1. The van der Waals surface area contributed by atoms with Crippen LogP contribution in [0.1, 0.15) is 57.7 Å². The summed E-state index contributed by atoms with van der Waals surface area (Å²) in [5.74, 6) is 0.308. The molecular formula is C15H25N3O. The van der Waals surface area contributed by atoms with Crippen molar-refractivity contribution in [2.75, 3.05) is 6.54 Å². The predicted molar refractivity (Wildman–Crippen MR) is 75.9 cm³/mol.